The van der Waals surface area contributed by atoms with Crippen molar-refractivity contribution in [1.82, 2.24) is 0 Å². The van der Waals surface area contributed by atoms with Gasteiger partial charge in [0.25, 0.3) is 0 Å². The van der Waals surface area contributed by atoms with Crippen molar-refractivity contribution in [3.63, 3.8) is 0 Å². The summed E-state index contributed by atoms with van der Waals surface area (Å²) in [5.74, 6) is 0.437. The number of rotatable bonds is 4. The van der Waals surface area contributed by atoms with E-state index in [4.69, 9.17) is 4.74 Å². The lowest BCUT2D eigenvalue weighted by Gasteiger charge is -2.08. The quantitative estimate of drug-likeness (QED) is 0.606. The number of hydrogen-bond donors (Lipinski definition) is 0. The van der Waals surface area contributed by atoms with Crippen LogP contribution in [-0.2, 0) is 10.5 Å². The molecule has 2 nitrogen and oxygen atoms in total. The number of thioether (sulfide) groups is 1. The van der Waals surface area contributed by atoms with Crippen LogP contribution >= 0.6 is 27.7 Å². The third-order valence-corrected chi connectivity index (χ3v) is 4.17. The Morgan fingerprint density at radius 1 is 1.21 bits per heavy atom. The van der Waals surface area contributed by atoms with Gasteiger partial charge in [0.2, 0.25) is 0 Å². The predicted octanol–water partition coefficient (Wildman–Crippen LogP) is 4.53. The molecule has 2 aromatic rings. The lowest BCUT2D eigenvalue weighted by molar-refractivity contribution is 0.0599. The first kappa shape index (κ1) is 14.2. The van der Waals surface area contributed by atoms with Gasteiger partial charge in [-0.3, -0.25) is 0 Å². The first-order valence-electron chi connectivity index (χ1n) is 5.75. The Balaban J connectivity index is 2.18. The smallest absolute Gasteiger partial charge is 0.338 e. The van der Waals surface area contributed by atoms with Crippen molar-refractivity contribution < 1.29 is 9.53 Å². The first-order valence-corrected chi connectivity index (χ1v) is 7.53. The summed E-state index contributed by atoms with van der Waals surface area (Å²) in [6, 6.07) is 15.8. The molecule has 0 saturated heterocycles. The second-order valence-electron chi connectivity index (χ2n) is 3.89. The summed E-state index contributed by atoms with van der Waals surface area (Å²) in [5.41, 5.74) is 1.59. The summed E-state index contributed by atoms with van der Waals surface area (Å²) in [6.07, 6.45) is 0. The van der Waals surface area contributed by atoms with Crippen molar-refractivity contribution in [2.45, 2.75) is 10.6 Å². The van der Waals surface area contributed by atoms with E-state index in [1.54, 1.807) is 17.8 Å². The topological polar surface area (TPSA) is 26.3 Å². The number of ether oxygens (including phenoxy) is 1. The molecule has 0 saturated carbocycles. The van der Waals surface area contributed by atoms with Gasteiger partial charge in [0.15, 0.2) is 0 Å². The van der Waals surface area contributed by atoms with E-state index in [-0.39, 0.29) is 5.97 Å². The molecule has 4 heteroatoms. The van der Waals surface area contributed by atoms with Gasteiger partial charge in [-0.25, -0.2) is 4.79 Å². The summed E-state index contributed by atoms with van der Waals surface area (Å²) in [5, 5.41) is 0. The molecule has 0 aliphatic heterocycles. The Morgan fingerprint density at radius 2 is 1.95 bits per heavy atom. The summed E-state index contributed by atoms with van der Waals surface area (Å²) in [6.45, 7) is 0. The van der Waals surface area contributed by atoms with Gasteiger partial charge < -0.3 is 4.74 Å². The maximum atomic E-state index is 11.7. The van der Waals surface area contributed by atoms with Crippen LogP contribution in [0.4, 0.5) is 0 Å². The molecular weight excluding hydrogens is 324 g/mol. The number of benzene rings is 2. The van der Waals surface area contributed by atoms with E-state index in [1.807, 2.05) is 30.3 Å². The van der Waals surface area contributed by atoms with E-state index in [9.17, 15) is 4.79 Å². The van der Waals surface area contributed by atoms with Gasteiger partial charge in [-0.05, 0) is 29.8 Å². The Hall–Kier alpha value is -1.26. The molecule has 0 N–H and O–H groups in total. The maximum Gasteiger partial charge on any atom is 0.338 e. The third-order valence-electron chi connectivity index (χ3n) is 2.61. The standard InChI is InChI=1S/C15H13BrO2S/c1-18-15(17)14-9-12(16)8-7-11(14)10-19-13-5-3-2-4-6-13/h2-9H,10H2,1H3. The van der Waals surface area contributed by atoms with E-state index in [1.165, 1.54) is 12.0 Å². The van der Waals surface area contributed by atoms with Crippen molar-refractivity contribution in [3.8, 4) is 0 Å². The number of carbonyl (C=O) groups is 1. The Bertz CT molecular complexity index is 570. The average Bonchev–Trinajstić information content (AvgIpc) is 2.46. The van der Waals surface area contributed by atoms with Crippen molar-refractivity contribution in [2.24, 2.45) is 0 Å². The van der Waals surface area contributed by atoms with Crippen LogP contribution in [0, 0.1) is 0 Å². The molecule has 0 fully saturated rings. The van der Waals surface area contributed by atoms with Crippen LogP contribution in [0.15, 0.2) is 57.9 Å². The summed E-state index contributed by atoms with van der Waals surface area (Å²) in [4.78, 5) is 12.9. The van der Waals surface area contributed by atoms with Gasteiger partial charge in [0, 0.05) is 15.1 Å². The fourth-order valence-corrected chi connectivity index (χ4v) is 2.94. The minimum atomic E-state index is -0.301. The van der Waals surface area contributed by atoms with E-state index < -0.39 is 0 Å². The molecule has 0 atom stereocenters. The zero-order valence-electron chi connectivity index (χ0n) is 10.4. The summed E-state index contributed by atoms with van der Waals surface area (Å²) < 4.78 is 5.69. The molecule has 0 bridgehead atoms. The second-order valence-corrected chi connectivity index (χ2v) is 5.86. The highest BCUT2D eigenvalue weighted by molar-refractivity contribution is 9.10. The number of hydrogen-bond acceptors (Lipinski definition) is 3. The zero-order chi connectivity index (χ0) is 13.7. The fraction of sp³-hybridized carbons (Fsp3) is 0.133. The number of esters is 1. The first-order chi connectivity index (χ1) is 9.20. The number of carbonyl (C=O) groups excluding carboxylic acids is 1. The van der Waals surface area contributed by atoms with Gasteiger partial charge in [0.1, 0.15) is 0 Å². The SMILES string of the molecule is COC(=O)c1cc(Br)ccc1CSc1ccccc1. The molecule has 98 valence electrons. The molecular formula is C15H13BrO2S. The normalized spacial score (nSPS) is 10.2. The van der Waals surface area contributed by atoms with Gasteiger partial charge in [-0.1, -0.05) is 40.2 Å². The predicted molar refractivity (Wildman–Crippen MR) is 81.5 cm³/mol. The summed E-state index contributed by atoms with van der Waals surface area (Å²) >= 11 is 5.07. The van der Waals surface area contributed by atoms with E-state index in [0.29, 0.717) is 5.56 Å². The van der Waals surface area contributed by atoms with Gasteiger partial charge in [0.05, 0.1) is 12.7 Å². The molecule has 0 heterocycles. The van der Waals surface area contributed by atoms with Crippen LogP contribution in [0.5, 0.6) is 0 Å². The summed E-state index contributed by atoms with van der Waals surface area (Å²) in [7, 11) is 1.40. The van der Waals surface area contributed by atoms with Crippen molar-refractivity contribution >= 4 is 33.7 Å². The molecule has 0 unspecified atom stereocenters. The van der Waals surface area contributed by atoms with Gasteiger partial charge >= 0.3 is 5.97 Å². The van der Waals surface area contributed by atoms with Crippen molar-refractivity contribution in [1.29, 1.82) is 0 Å². The molecule has 0 aliphatic carbocycles. The van der Waals surface area contributed by atoms with Crippen LogP contribution in [0.25, 0.3) is 0 Å². The Labute approximate surface area is 125 Å². The highest BCUT2D eigenvalue weighted by Crippen LogP contribution is 2.26. The maximum absolute atomic E-state index is 11.7. The number of methoxy groups -OCH3 is 1. The van der Waals surface area contributed by atoms with E-state index in [0.717, 1.165) is 15.8 Å². The molecule has 19 heavy (non-hydrogen) atoms. The highest BCUT2D eigenvalue weighted by Gasteiger charge is 2.12. The Kier molecular flexibility index (Phi) is 5.05. The zero-order valence-corrected chi connectivity index (χ0v) is 12.8. The van der Waals surface area contributed by atoms with Crippen LogP contribution < -0.4 is 0 Å². The van der Waals surface area contributed by atoms with Gasteiger partial charge in [-0.2, -0.15) is 0 Å². The fourth-order valence-electron chi connectivity index (χ4n) is 1.65. The Morgan fingerprint density at radius 3 is 2.63 bits per heavy atom. The lowest BCUT2D eigenvalue weighted by atomic mass is 10.1. The minimum Gasteiger partial charge on any atom is -0.465 e. The van der Waals surface area contributed by atoms with Crippen LogP contribution in [0.1, 0.15) is 15.9 Å². The van der Waals surface area contributed by atoms with Crippen molar-refractivity contribution in [2.75, 3.05) is 7.11 Å². The van der Waals surface area contributed by atoms with Crippen molar-refractivity contribution in [3.05, 3.63) is 64.1 Å². The molecule has 2 rings (SSSR count). The second kappa shape index (κ2) is 6.78. The van der Waals surface area contributed by atoms with Crippen LogP contribution in [-0.4, -0.2) is 13.1 Å². The number of halogens is 1. The van der Waals surface area contributed by atoms with Gasteiger partial charge in [-0.15, -0.1) is 11.8 Å². The molecule has 0 aliphatic rings. The highest BCUT2D eigenvalue weighted by atomic mass is 79.9. The molecule has 0 amide bonds. The molecule has 0 spiro atoms. The molecule has 0 radical (unpaired) electrons. The van der Waals surface area contributed by atoms with Crippen LogP contribution in [0.3, 0.4) is 0 Å². The minimum absolute atomic E-state index is 0.301. The largest absolute Gasteiger partial charge is 0.465 e. The average molecular weight is 337 g/mol. The van der Waals surface area contributed by atoms with E-state index >= 15 is 0 Å². The van der Waals surface area contributed by atoms with E-state index in [2.05, 4.69) is 28.1 Å². The monoisotopic (exact) mass is 336 g/mol. The lowest BCUT2D eigenvalue weighted by Crippen LogP contribution is -2.05. The third kappa shape index (κ3) is 3.85. The molecule has 0 aromatic heterocycles. The molecule has 2 aromatic carbocycles. The van der Waals surface area contributed by atoms with Crippen LogP contribution in [0.2, 0.25) is 0 Å².